The third kappa shape index (κ3) is 2.61. The fourth-order valence-corrected chi connectivity index (χ4v) is 2.84. The Kier molecular flexibility index (Phi) is 3.66. The highest BCUT2D eigenvalue weighted by Gasteiger charge is 2.24. The van der Waals surface area contributed by atoms with Gasteiger partial charge < -0.3 is 10.1 Å². The van der Waals surface area contributed by atoms with Crippen molar-refractivity contribution in [3.63, 3.8) is 0 Å². The van der Waals surface area contributed by atoms with Crippen molar-refractivity contribution in [3.8, 4) is 5.75 Å². The Hall–Kier alpha value is -2.86. The number of ether oxygens (including phenoxy) is 1. The summed E-state index contributed by atoms with van der Waals surface area (Å²) < 4.78 is 7.05. The van der Waals surface area contributed by atoms with Crippen LogP contribution in [0.5, 0.6) is 5.75 Å². The molecule has 120 valence electrons. The molecular formula is C17H14ClN5O. The van der Waals surface area contributed by atoms with Gasteiger partial charge in [-0.2, -0.15) is 4.68 Å². The summed E-state index contributed by atoms with van der Waals surface area (Å²) in [5.41, 5.74) is 2.98. The average Bonchev–Trinajstić information content (AvgIpc) is 3.10. The van der Waals surface area contributed by atoms with Gasteiger partial charge >= 0.3 is 0 Å². The summed E-state index contributed by atoms with van der Waals surface area (Å²) in [6.07, 6.45) is 2.08. The van der Waals surface area contributed by atoms with Crippen LogP contribution in [-0.4, -0.2) is 27.3 Å². The molecule has 1 aliphatic rings. The molecule has 0 aliphatic carbocycles. The van der Waals surface area contributed by atoms with Gasteiger partial charge in [0.05, 0.1) is 7.11 Å². The normalized spacial score (nSPS) is 16.1. The van der Waals surface area contributed by atoms with Gasteiger partial charge in [-0.05, 0) is 46.3 Å². The van der Waals surface area contributed by atoms with Crippen molar-refractivity contribution in [3.05, 3.63) is 70.8 Å². The number of anilines is 1. The van der Waals surface area contributed by atoms with Crippen molar-refractivity contribution in [2.75, 3.05) is 12.4 Å². The lowest BCUT2D eigenvalue weighted by atomic mass is 10.0. The van der Waals surface area contributed by atoms with E-state index in [0.29, 0.717) is 11.0 Å². The molecule has 2 heterocycles. The Balaban J connectivity index is 1.79. The van der Waals surface area contributed by atoms with Crippen LogP contribution in [0.15, 0.2) is 54.6 Å². The minimum absolute atomic E-state index is 0.116. The van der Waals surface area contributed by atoms with E-state index in [9.17, 15) is 0 Å². The molecule has 1 atom stereocenters. The lowest BCUT2D eigenvalue weighted by molar-refractivity contribution is 0.414. The molecule has 24 heavy (non-hydrogen) atoms. The van der Waals surface area contributed by atoms with Crippen LogP contribution < -0.4 is 10.1 Å². The molecule has 0 spiro atoms. The average molecular weight is 340 g/mol. The second-order valence-electron chi connectivity index (χ2n) is 5.38. The number of rotatable bonds is 3. The van der Waals surface area contributed by atoms with Gasteiger partial charge in [0, 0.05) is 16.3 Å². The van der Waals surface area contributed by atoms with Gasteiger partial charge in [0.25, 0.3) is 0 Å². The minimum atomic E-state index is -0.116. The summed E-state index contributed by atoms with van der Waals surface area (Å²) in [7, 11) is 1.65. The Labute approximate surface area is 143 Å². The molecule has 1 aromatic heterocycles. The maximum Gasteiger partial charge on any atom is 0.248 e. The molecule has 6 nitrogen and oxygen atoms in total. The van der Waals surface area contributed by atoms with Gasteiger partial charge in [-0.15, -0.1) is 0 Å². The van der Waals surface area contributed by atoms with E-state index in [2.05, 4.69) is 26.9 Å². The van der Waals surface area contributed by atoms with Crippen LogP contribution in [0.1, 0.15) is 17.2 Å². The van der Waals surface area contributed by atoms with Crippen molar-refractivity contribution in [2.45, 2.75) is 6.04 Å². The molecule has 0 fully saturated rings. The third-order valence-electron chi connectivity index (χ3n) is 3.92. The number of hydrogen-bond acceptors (Lipinski definition) is 5. The van der Waals surface area contributed by atoms with Gasteiger partial charge in [0.15, 0.2) is 0 Å². The Morgan fingerprint density at radius 3 is 2.79 bits per heavy atom. The number of halogens is 1. The molecule has 0 bridgehead atoms. The first-order chi connectivity index (χ1) is 11.7. The maximum atomic E-state index is 6.00. The van der Waals surface area contributed by atoms with E-state index in [0.717, 1.165) is 22.6 Å². The molecule has 2 aromatic carbocycles. The lowest BCUT2D eigenvalue weighted by Crippen LogP contribution is -2.20. The number of aromatic nitrogens is 4. The molecule has 4 rings (SSSR count). The summed E-state index contributed by atoms with van der Waals surface area (Å²) in [5, 5.41) is 15.9. The summed E-state index contributed by atoms with van der Waals surface area (Å²) in [5.74, 6) is 1.39. The Morgan fingerprint density at radius 1 is 1.17 bits per heavy atom. The Morgan fingerprint density at radius 2 is 2.00 bits per heavy atom. The molecule has 0 amide bonds. The number of hydrogen-bond donors (Lipinski definition) is 1. The van der Waals surface area contributed by atoms with Gasteiger partial charge in [-0.25, -0.2) is 0 Å². The number of nitrogens with one attached hydrogen (secondary N) is 1. The highest BCUT2D eigenvalue weighted by atomic mass is 35.5. The van der Waals surface area contributed by atoms with E-state index in [4.69, 9.17) is 16.3 Å². The van der Waals surface area contributed by atoms with Crippen molar-refractivity contribution in [1.82, 2.24) is 20.2 Å². The molecular weight excluding hydrogens is 326 g/mol. The molecule has 1 aliphatic heterocycles. The van der Waals surface area contributed by atoms with E-state index in [1.165, 1.54) is 0 Å². The fourth-order valence-electron chi connectivity index (χ4n) is 2.71. The summed E-state index contributed by atoms with van der Waals surface area (Å²) in [6, 6.07) is 15.4. The van der Waals surface area contributed by atoms with E-state index < -0.39 is 0 Å². The molecule has 1 unspecified atom stereocenters. The zero-order chi connectivity index (χ0) is 16.5. The summed E-state index contributed by atoms with van der Waals surface area (Å²) in [6.45, 7) is 0. The predicted octanol–water partition coefficient (Wildman–Crippen LogP) is 3.39. The van der Waals surface area contributed by atoms with Gasteiger partial charge in [-0.1, -0.05) is 41.0 Å². The largest absolute Gasteiger partial charge is 0.497 e. The minimum Gasteiger partial charge on any atom is -0.497 e. The van der Waals surface area contributed by atoms with Crippen LogP contribution in [0.3, 0.4) is 0 Å². The number of methoxy groups -OCH3 is 1. The highest BCUT2D eigenvalue weighted by molar-refractivity contribution is 6.30. The van der Waals surface area contributed by atoms with Crippen LogP contribution in [0.25, 0.3) is 5.70 Å². The predicted molar refractivity (Wildman–Crippen MR) is 92.0 cm³/mol. The fraction of sp³-hybridized carbons (Fsp3) is 0.118. The molecule has 3 aromatic rings. The maximum absolute atomic E-state index is 6.00. The van der Waals surface area contributed by atoms with E-state index in [1.54, 1.807) is 11.8 Å². The third-order valence-corrected chi connectivity index (χ3v) is 4.17. The molecule has 0 radical (unpaired) electrons. The number of nitrogens with zero attached hydrogens (tertiary/aromatic N) is 4. The smallest absolute Gasteiger partial charge is 0.248 e. The first-order valence-electron chi connectivity index (χ1n) is 7.41. The van der Waals surface area contributed by atoms with Crippen molar-refractivity contribution < 1.29 is 4.74 Å². The first kappa shape index (κ1) is 14.7. The van der Waals surface area contributed by atoms with Crippen LogP contribution in [0.2, 0.25) is 5.02 Å². The topological polar surface area (TPSA) is 64.9 Å². The van der Waals surface area contributed by atoms with E-state index in [1.807, 2.05) is 48.5 Å². The number of benzene rings is 2. The van der Waals surface area contributed by atoms with E-state index >= 15 is 0 Å². The van der Waals surface area contributed by atoms with Crippen molar-refractivity contribution in [2.24, 2.45) is 0 Å². The zero-order valence-corrected chi connectivity index (χ0v) is 13.6. The Bertz CT molecular complexity index is 903. The first-order valence-corrected chi connectivity index (χ1v) is 7.79. The lowest BCUT2D eigenvalue weighted by Gasteiger charge is -2.23. The highest BCUT2D eigenvalue weighted by Crippen LogP contribution is 2.32. The van der Waals surface area contributed by atoms with Crippen LogP contribution >= 0.6 is 11.6 Å². The zero-order valence-electron chi connectivity index (χ0n) is 12.8. The number of allylic oxidation sites excluding steroid dienone is 1. The van der Waals surface area contributed by atoms with Gasteiger partial charge in [0.2, 0.25) is 5.95 Å². The second-order valence-corrected chi connectivity index (χ2v) is 5.82. The van der Waals surface area contributed by atoms with Crippen LogP contribution in [-0.2, 0) is 0 Å². The molecule has 1 N–H and O–H groups in total. The van der Waals surface area contributed by atoms with Crippen molar-refractivity contribution in [1.29, 1.82) is 0 Å². The molecule has 0 saturated heterocycles. The summed E-state index contributed by atoms with van der Waals surface area (Å²) >= 11 is 6.00. The standard InChI is InChI=1S/C17H14ClN5O/c1-24-14-4-2-3-12(9-14)15-10-16(11-5-7-13(18)8-6-11)23-17(19-15)20-21-22-23/h2-10,16H,1H3,(H,19,20,22). The molecule has 0 saturated carbocycles. The van der Waals surface area contributed by atoms with Crippen molar-refractivity contribution >= 4 is 23.2 Å². The van der Waals surface area contributed by atoms with Gasteiger partial charge in [-0.3, -0.25) is 0 Å². The van der Waals surface area contributed by atoms with E-state index in [-0.39, 0.29) is 6.04 Å². The molecule has 7 heteroatoms. The quantitative estimate of drug-likeness (QED) is 0.792. The summed E-state index contributed by atoms with van der Waals surface area (Å²) in [4.78, 5) is 0. The monoisotopic (exact) mass is 339 g/mol. The van der Waals surface area contributed by atoms with Gasteiger partial charge in [0.1, 0.15) is 11.8 Å². The van der Waals surface area contributed by atoms with Crippen LogP contribution in [0.4, 0.5) is 5.95 Å². The number of fused-ring (bicyclic) bond motifs is 1. The van der Waals surface area contributed by atoms with Crippen LogP contribution in [0, 0.1) is 0 Å². The second kappa shape index (κ2) is 5.98. The number of tetrazole rings is 1. The SMILES string of the molecule is COc1cccc(C2=CC(c3ccc(Cl)cc3)n3nnnc3N2)c1.